The molecule has 154 valence electrons. The Hall–Kier alpha value is -2.72. The number of nitrogens with two attached hydrogens (primary N) is 1. The van der Waals surface area contributed by atoms with Crippen LogP contribution in [0, 0.1) is 10.1 Å². The van der Waals surface area contributed by atoms with Crippen molar-refractivity contribution in [1.82, 2.24) is 14.9 Å². The minimum Gasteiger partial charge on any atom is -0.378 e. The zero-order chi connectivity index (χ0) is 20.8. The van der Waals surface area contributed by atoms with E-state index in [4.69, 9.17) is 5.73 Å². The number of nitro groups is 1. The average Bonchev–Trinajstić information content (AvgIpc) is 3.20. The van der Waals surface area contributed by atoms with Crippen molar-refractivity contribution in [3.63, 3.8) is 0 Å². The zero-order valence-corrected chi connectivity index (χ0v) is 16.9. The van der Waals surface area contributed by atoms with Crippen LogP contribution in [0.5, 0.6) is 0 Å². The summed E-state index contributed by atoms with van der Waals surface area (Å²) in [4.78, 5) is 34.3. The first-order valence-corrected chi connectivity index (χ1v) is 10.1. The lowest BCUT2D eigenvalue weighted by Gasteiger charge is -2.22. The predicted octanol–water partition coefficient (Wildman–Crippen LogP) is 2.20. The molecule has 0 saturated carbocycles. The topological polar surface area (TPSA) is 118 Å². The number of thiol groups is 1. The second-order valence-electron chi connectivity index (χ2n) is 6.96. The highest BCUT2D eigenvalue weighted by Gasteiger charge is 2.27. The fraction of sp³-hybridized carbons (Fsp3) is 0.421. The molecule has 1 saturated heterocycles. The Labute approximate surface area is 174 Å². The predicted molar refractivity (Wildman–Crippen MR) is 114 cm³/mol. The van der Waals surface area contributed by atoms with Gasteiger partial charge in [0, 0.05) is 13.1 Å². The van der Waals surface area contributed by atoms with Gasteiger partial charge in [-0.25, -0.2) is 9.97 Å². The molecule has 1 aromatic carbocycles. The summed E-state index contributed by atoms with van der Waals surface area (Å²) in [5.74, 6) is 0.242. The van der Waals surface area contributed by atoms with E-state index in [9.17, 15) is 14.9 Å². The summed E-state index contributed by atoms with van der Waals surface area (Å²) < 4.78 is 0. The van der Waals surface area contributed by atoms with Crippen LogP contribution in [0.2, 0.25) is 0 Å². The highest BCUT2D eigenvalue weighted by molar-refractivity contribution is 7.79. The number of carbonyl (C=O) groups excluding carboxylic acids is 1. The second-order valence-corrected chi connectivity index (χ2v) is 7.28. The lowest BCUT2D eigenvalue weighted by atomic mass is 10.1. The van der Waals surface area contributed by atoms with Gasteiger partial charge in [0.25, 0.3) is 0 Å². The van der Waals surface area contributed by atoms with Gasteiger partial charge in [0.15, 0.2) is 0 Å². The average molecular weight is 417 g/mol. The van der Waals surface area contributed by atoms with Crippen molar-refractivity contribution < 1.29 is 9.72 Å². The van der Waals surface area contributed by atoms with E-state index in [1.54, 1.807) is 4.90 Å². The van der Waals surface area contributed by atoms with Gasteiger partial charge in [-0.2, -0.15) is 12.6 Å². The molecule has 1 aliphatic rings. The number of nitrogen functional groups attached to an aromatic ring is 1. The molecule has 0 atom stereocenters. The number of aromatic nitrogens is 2. The normalized spacial score (nSPS) is 14.1. The third-order valence-electron chi connectivity index (χ3n) is 4.83. The molecular weight excluding hydrogens is 392 g/mol. The molecule has 29 heavy (non-hydrogen) atoms. The molecule has 9 nitrogen and oxygen atoms in total. The molecule has 1 fully saturated rings. The Bertz CT molecular complexity index is 888. The second kappa shape index (κ2) is 9.66. The third kappa shape index (κ3) is 5.21. The summed E-state index contributed by atoms with van der Waals surface area (Å²) in [6.45, 7) is 3.29. The standard InChI is InChI=1S/C19H24N6O3S/c20-18-17(25(27)28)19(22-16(13-29)21-18)24(8-9-26)12-15-5-3-4-14(10-15)11-23-6-1-2-7-23/h3-5,9-10,29H,1-2,6-8,11-13H2,(H2,20,21,22). The number of benzene rings is 1. The van der Waals surface area contributed by atoms with Crippen molar-refractivity contribution in [2.24, 2.45) is 0 Å². The molecule has 1 aromatic heterocycles. The van der Waals surface area contributed by atoms with Crippen LogP contribution in [-0.2, 0) is 23.6 Å². The molecule has 2 N–H and O–H groups in total. The van der Waals surface area contributed by atoms with Crippen LogP contribution in [0.15, 0.2) is 24.3 Å². The van der Waals surface area contributed by atoms with Crippen LogP contribution >= 0.6 is 12.6 Å². The molecule has 0 amide bonds. The van der Waals surface area contributed by atoms with Gasteiger partial charge >= 0.3 is 5.69 Å². The van der Waals surface area contributed by atoms with Crippen molar-refractivity contribution in [1.29, 1.82) is 0 Å². The van der Waals surface area contributed by atoms with Crippen LogP contribution < -0.4 is 10.6 Å². The fourth-order valence-electron chi connectivity index (χ4n) is 3.53. The fourth-order valence-corrected chi connectivity index (χ4v) is 3.68. The van der Waals surface area contributed by atoms with Gasteiger partial charge in [0.2, 0.25) is 11.6 Å². The molecule has 2 aromatic rings. The smallest absolute Gasteiger partial charge is 0.353 e. The number of aldehydes is 1. The molecule has 2 heterocycles. The Balaban J connectivity index is 1.90. The first kappa shape index (κ1) is 21.0. The lowest BCUT2D eigenvalue weighted by Crippen LogP contribution is -2.28. The number of carbonyl (C=O) groups is 1. The van der Waals surface area contributed by atoms with E-state index in [0.29, 0.717) is 6.29 Å². The maximum Gasteiger partial charge on any atom is 0.353 e. The van der Waals surface area contributed by atoms with E-state index >= 15 is 0 Å². The molecule has 0 bridgehead atoms. The molecule has 0 radical (unpaired) electrons. The monoisotopic (exact) mass is 416 g/mol. The quantitative estimate of drug-likeness (QED) is 0.276. The summed E-state index contributed by atoms with van der Waals surface area (Å²) in [5.41, 5.74) is 7.50. The first-order valence-electron chi connectivity index (χ1n) is 9.42. The molecular formula is C19H24N6O3S. The minimum absolute atomic E-state index is 0.0311. The van der Waals surface area contributed by atoms with E-state index in [2.05, 4.69) is 39.6 Å². The SMILES string of the molecule is Nc1nc(CS)nc(N(CC=O)Cc2cccc(CN3CCCC3)c2)c1[N+](=O)[O-]. The van der Waals surface area contributed by atoms with Crippen LogP contribution in [-0.4, -0.2) is 45.7 Å². The molecule has 0 unspecified atom stereocenters. The van der Waals surface area contributed by atoms with Gasteiger partial charge in [-0.05, 0) is 37.1 Å². The highest BCUT2D eigenvalue weighted by Crippen LogP contribution is 2.32. The third-order valence-corrected chi connectivity index (χ3v) is 5.11. The van der Waals surface area contributed by atoms with Crippen LogP contribution in [0.3, 0.4) is 0 Å². The number of hydrogen-bond acceptors (Lipinski definition) is 9. The molecule has 0 spiro atoms. The van der Waals surface area contributed by atoms with Crippen molar-refractivity contribution >= 4 is 36.2 Å². The highest BCUT2D eigenvalue weighted by atomic mass is 32.1. The lowest BCUT2D eigenvalue weighted by molar-refractivity contribution is -0.383. The van der Waals surface area contributed by atoms with E-state index < -0.39 is 10.6 Å². The maximum atomic E-state index is 11.6. The van der Waals surface area contributed by atoms with E-state index in [1.807, 2.05) is 12.1 Å². The van der Waals surface area contributed by atoms with Crippen molar-refractivity contribution in [2.75, 3.05) is 30.3 Å². The number of likely N-dealkylation sites (tertiary alicyclic amines) is 1. The van der Waals surface area contributed by atoms with Crippen molar-refractivity contribution in [3.05, 3.63) is 51.3 Å². The van der Waals surface area contributed by atoms with E-state index in [1.165, 1.54) is 18.4 Å². The summed E-state index contributed by atoms with van der Waals surface area (Å²) in [7, 11) is 0. The van der Waals surface area contributed by atoms with Crippen LogP contribution in [0.4, 0.5) is 17.3 Å². The minimum atomic E-state index is -0.617. The molecule has 3 rings (SSSR count). The van der Waals surface area contributed by atoms with Gasteiger partial charge in [0.1, 0.15) is 12.1 Å². The number of hydrogen-bond donors (Lipinski definition) is 2. The molecule has 10 heteroatoms. The largest absolute Gasteiger partial charge is 0.378 e. The summed E-state index contributed by atoms with van der Waals surface area (Å²) in [5, 5.41) is 11.6. The van der Waals surface area contributed by atoms with Crippen molar-refractivity contribution in [3.8, 4) is 0 Å². The van der Waals surface area contributed by atoms with E-state index in [0.717, 1.165) is 25.2 Å². The molecule has 1 aliphatic heterocycles. The first-order chi connectivity index (χ1) is 14.0. The Morgan fingerprint density at radius 2 is 2.00 bits per heavy atom. The Kier molecular flexibility index (Phi) is 6.99. The Morgan fingerprint density at radius 1 is 1.28 bits per heavy atom. The zero-order valence-electron chi connectivity index (χ0n) is 16.0. The van der Waals surface area contributed by atoms with Gasteiger partial charge in [-0.1, -0.05) is 24.3 Å². The number of rotatable bonds is 9. The van der Waals surface area contributed by atoms with Gasteiger partial charge in [-0.15, -0.1) is 0 Å². The van der Waals surface area contributed by atoms with Crippen LogP contribution in [0.25, 0.3) is 0 Å². The van der Waals surface area contributed by atoms with Crippen molar-refractivity contribution in [2.45, 2.75) is 31.7 Å². The summed E-state index contributed by atoms with van der Waals surface area (Å²) >= 11 is 4.14. The van der Waals surface area contributed by atoms with Crippen LogP contribution in [0.1, 0.15) is 29.8 Å². The molecule has 0 aliphatic carbocycles. The van der Waals surface area contributed by atoms with Gasteiger partial charge in [0.05, 0.1) is 17.2 Å². The van der Waals surface area contributed by atoms with E-state index in [-0.39, 0.29) is 36.3 Å². The summed E-state index contributed by atoms with van der Waals surface area (Å²) in [6, 6.07) is 8.02. The van der Waals surface area contributed by atoms with Gasteiger partial charge in [-0.3, -0.25) is 15.0 Å². The maximum absolute atomic E-state index is 11.6. The van der Waals surface area contributed by atoms with Gasteiger partial charge < -0.3 is 15.4 Å². The Morgan fingerprint density at radius 3 is 2.66 bits per heavy atom. The number of nitrogens with zero attached hydrogens (tertiary/aromatic N) is 5. The number of anilines is 2. The summed E-state index contributed by atoms with van der Waals surface area (Å²) in [6.07, 6.45) is 3.13.